The molecule has 2 aromatic carbocycles. The minimum Gasteiger partial charge on any atom is -0.492 e. The first-order valence-electron chi connectivity index (χ1n) is 8.46. The SMILES string of the molecule is CC[C@@H](C(=O)OCC(=O)NCCOc1ccc(Cl)cc1)c1ccccc1. The third-order valence-electron chi connectivity index (χ3n) is 3.75. The van der Waals surface area contributed by atoms with E-state index in [2.05, 4.69) is 5.32 Å². The molecule has 0 bridgehead atoms. The molecule has 0 radical (unpaired) electrons. The second-order valence-corrected chi connectivity index (χ2v) is 6.07. The summed E-state index contributed by atoms with van der Waals surface area (Å²) in [5.41, 5.74) is 0.886. The lowest BCUT2D eigenvalue weighted by atomic mass is 9.97. The summed E-state index contributed by atoms with van der Waals surface area (Å²) in [6, 6.07) is 16.4. The molecule has 0 unspecified atom stereocenters. The van der Waals surface area contributed by atoms with Gasteiger partial charge in [0.25, 0.3) is 5.91 Å². The van der Waals surface area contributed by atoms with E-state index in [-0.39, 0.29) is 18.4 Å². The Hall–Kier alpha value is -2.53. The van der Waals surface area contributed by atoms with Crippen LogP contribution in [0.1, 0.15) is 24.8 Å². The van der Waals surface area contributed by atoms with E-state index in [9.17, 15) is 9.59 Å². The zero-order chi connectivity index (χ0) is 18.8. The summed E-state index contributed by atoms with van der Waals surface area (Å²) in [4.78, 5) is 24.0. The predicted molar refractivity (Wildman–Crippen MR) is 100 cm³/mol. The minimum atomic E-state index is -0.397. The van der Waals surface area contributed by atoms with Gasteiger partial charge in [-0.1, -0.05) is 48.9 Å². The lowest BCUT2D eigenvalue weighted by Gasteiger charge is -2.14. The molecule has 2 rings (SSSR count). The van der Waals surface area contributed by atoms with Crippen LogP contribution in [0.15, 0.2) is 54.6 Å². The van der Waals surface area contributed by atoms with Crippen LogP contribution in [-0.2, 0) is 14.3 Å². The van der Waals surface area contributed by atoms with Crippen LogP contribution in [0.5, 0.6) is 5.75 Å². The Bertz CT molecular complexity index is 704. The minimum absolute atomic E-state index is 0.302. The Morgan fingerprint density at radius 1 is 1.08 bits per heavy atom. The number of benzene rings is 2. The molecule has 138 valence electrons. The first-order valence-corrected chi connectivity index (χ1v) is 8.84. The highest BCUT2D eigenvalue weighted by Crippen LogP contribution is 2.20. The molecule has 0 aromatic heterocycles. The summed E-state index contributed by atoms with van der Waals surface area (Å²) in [7, 11) is 0. The van der Waals surface area contributed by atoms with Crippen molar-refractivity contribution in [2.75, 3.05) is 19.8 Å². The Kier molecular flexibility index (Phi) is 7.96. The largest absolute Gasteiger partial charge is 0.492 e. The van der Waals surface area contributed by atoms with Crippen molar-refractivity contribution in [3.8, 4) is 5.75 Å². The summed E-state index contributed by atoms with van der Waals surface area (Å²) < 4.78 is 10.6. The first-order chi connectivity index (χ1) is 12.6. The number of amides is 1. The fourth-order valence-electron chi connectivity index (χ4n) is 2.40. The Balaban J connectivity index is 1.67. The van der Waals surface area contributed by atoms with Gasteiger partial charge < -0.3 is 14.8 Å². The summed E-state index contributed by atoms with van der Waals surface area (Å²) in [6.07, 6.45) is 0.611. The van der Waals surface area contributed by atoms with Gasteiger partial charge in [-0.3, -0.25) is 9.59 Å². The average molecular weight is 376 g/mol. The van der Waals surface area contributed by atoms with E-state index in [1.165, 1.54) is 0 Å². The molecule has 0 aliphatic rings. The quantitative estimate of drug-likeness (QED) is 0.537. The van der Waals surface area contributed by atoms with Crippen LogP contribution < -0.4 is 10.1 Å². The number of ether oxygens (including phenoxy) is 2. The monoisotopic (exact) mass is 375 g/mol. The highest BCUT2D eigenvalue weighted by Gasteiger charge is 2.20. The van der Waals surface area contributed by atoms with E-state index < -0.39 is 5.97 Å². The van der Waals surface area contributed by atoms with E-state index in [0.29, 0.717) is 30.3 Å². The molecule has 2 aromatic rings. The summed E-state index contributed by atoms with van der Waals surface area (Å²) in [5, 5.41) is 3.28. The molecule has 0 heterocycles. The van der Waals surface area contributed by atoms with Crippen LogP contribution in [0.4, 0.5) is 0 Å². The van der Waals surface area contributed by atoms with Crippen molar-refractivity contribution in [1.82, 2.24) is 5.32 Å². The topological polar surface area (TPSA) is 64.6 Å². The van der Waals surface area contributed by atoms with E-state index >= 15 is 0 Å². The molecule has 26 heavy (non-hydrogen) atoms. The Labute approximate surface area is 158 Å². The number of hydrogen-bond donors (Lipinski definition) is 1. The maximum absolute atomic E-state index is 12.2. The van der Waals surface area contributed by atoms with E-state index in [1.807, 2.05) is 37.3 Å². The van der Waals surface area contributed by atoms with Crippen molar-refractivity contribution >= 4 is 23.5 Å². The van der Waals surface area contributed by atoms with Crippen molar-refractivity contribution < 1.29 is 19.1 Å². The molecule has 0 aliphatic carbocycles. The average Bonchev–Trinajstić information content (AvgIpc) is 2.66. The summed E-state index contributed by atoms with van der Waals surface area (Å²) in [6.45, 7) is 2.23. The van der Waals surface area contributed by atoms with Crippen LogP contribution >= 0.6 is 11.6 Å². The molecule has 1 amide bonds. The van der Waals surface area contributed by atoms with Crippen molar-refractivity contribution in [3.05, 3.63) is 65.2 Å². The smallest absolute Gasteiger partial charge is 0.313 e. The van der Waals surface area contributed by atoms with Crippen molar-refractivity contribution in [1.29, 1.82) is 0 Å². The maximum atomic E-state index is 12.2. The van der Waals surface area contributed by atoms with Gasteiger partial charge >= 0.3 is 5.97 Å². The van der Waals surface area contributed by atoms with E-state index in [1.54, 1.807) is 24.3 Å². The highest BCUT2D eigenvalue weighted by molar-refractivity contribution is 6.30. The molecule has 1 atom stereocenters. The molecule has 0 spiro atoms. The van der Waals surface area contributed by atoms with Crippen molar-refractivity contribution in [2.24, 2.45) is 0 Å². The Morgan fingerprint density at radius 3 is 2.42 bits per heavy atom. The highest BCUT2D eigenvalue weighted by atomic mass is 35.5. The van der Waals surface area contributed by atoms with Crippen molar-refractivity contribution in [3.63, 3.8) is 0 Å². The second-order valence-electron chi connectivity index (χ2n) is 5.63. The molecule has 0 saturated heterocycles. The van der Waals surface area contributed by atoms with Crippen LogP contribution in [0.25, 0.3) is 0 Å². The molecular weight excluding hydrogens is 354 g/mol. The van der Waals surface area contributed by atoms with E-state index in [0.717, 1.165) is 5.56 Å². The van der Waals surface area contributed by atoms with Crippen LogP contribution in [0.3, 0.4) is 0 Å². The van der Waals surface area contributed by atoms with Crippen LogP contribution in [0, 0.1) is 0 Å². The third-order valence-corrected chi connectivity index (χ3v) is 4.00. The van der Waals surface area contributed by atoms with E-state index in [4.69, 9.17) is 21.1 Å². The lowest BCUT2D eigenvalue weighted by Crippen LogP contribution is -2.32. The maximum Gasteiger partial charge on any atom is 0.313 e. The molecule has 6 heteroatoms. The number of carbonyl (C=O) groups excluding carboxylic acids is 2. The number of halogens is 1. The summed E-state index contributed by atoms with van der Waals surface area (Å²) in [5.74, 6) is -0.451. The van der Waals surface area contributed by atoms with Gasteiger partial charge in [0, 0.05) is 5.02 Å². The number of esters is 1. The third kappa shape index (κ3) is 6.41. The number of nitrogens with one attached hydrogen (secondary N) is 1. The van der Waals surface area contributed by atoms with Gasteiger partial charge in [0.2, 0.25) is 0 Å². The second kappa shape index (κ2) is 10.5. The summed E-state index contributed by atoms with van der Waals surface area (Å²) >= 11 is 5.79. The van der Waals surface area contributed by atoms with Gasteiger partial charge in [-0.25, -0.2) is 0 Å². The molecule has 0 saturated carbocycles. The van der Waals surface area contributed by atoms with Crippen LogP contribution in [0.2, 0.25) is 5.02 Å². The zero-order valence-electron chi connectivity index (χ0n) is 14.6. The standard InChI is InChI=1S/C20H22ClNO4/c1-2-18(15-6-4-3-5-7-15)20(24)26-14-19(23)22-12-13-25-17-10-8-16(21)9-11-17/h3-11,18H,2,12-14H2,1H3,(H,22,23)/t18-/m1/s1. The predicted octanol–water partition coefficient (Wildman–Crippen LogP) is 3.57. The van der Waals surface area contributed by atoms with Gasteiger partial charge in [-0.15, -0.1) is 0 Å². The van der Waals surface area contributed by atoms with Gasteiger partial charge in [-0.2, -0.15) is 0 Å². The van der Waals surface area contributed by atoms with Gasteiger partial charge in [0.15, 0.2) is 6.61 Å². The first kappa shape index (κ1) is 19.8. The molecule has 5 nitrogen and oxygen atoms in total. The van der Waals surface area contributed by atoms with Gasteiger partial charge in [0.05, 0.1) is 12.5 Å². The fourth-order valence-corrected chi connectivity index (χ4v) is 2.53. The molecular formula is C20H22ClNO4. The molecule has 0 fully saturated rings. The zero-order valence-corrected chi connectivity index (χ0v) is 15.4. The van der Waals surface area contributed by atoms with Gasteiger partial charge in [0.1, 0.15) is 12.4 Å². The number of rotatable bonds is 9. The van der Waals surface area contributed by atoms with Crippen molar-refractivity contribution in [2.45, 2.75) is 19.3 Å². The molecule has 0 aliphatic heterocycles. The molecule has 1 N–H and O–H groups in total. The normalized spacial score (nSPS) is 11.5. The lowest BCUT2D eigenvalue weighted by molar-refractivity contribution is -0.150. The number of carbonyl (C=O) groups is 2. The van der Waals surface area contributed by atoms with Crippen LogP contribution in [-0.4, -0.2) is 31.6 Å². The fraction of sp³-hybridized carbons (Fsp3) is 0.300. The number of hydrogen-bond acceptors (Lipinski definition) is 4. The van der Waals surface area contributed by atoms with Gasteiger partial charge in [-0.05, 0) is 36.2 Å². The Morgan fingerprint density at radius 2 is 1.77 bits per heavy atom.